The number of likely N-dealkylation sites (N-methyl/N-ethyl adjacent to an activating group) is 1. The van der Waals surface area contributed by atoms with Gasteiger partial charge < -0.3 is 24.8 Å². The molecule has 138 valence electrons. The summed E-state index contributed by atoms with van der Waals surface area (Å²) in [6.07, 6.45) is 1.49. The maximum Gasteiger partial charge on any atom is 0.257 e. The molecule has 0 unspecified atom stereocenters. The maximum atomic E-state index is 13.0. The smallest absolute Gasteiger partial charge is 0.257 e. The first kappa shape index (κ1) is 18.2. The molecule has 2 aliphatic heterocycles. The van der Waals surface area contributed by atoms with E-state index in [1.165, 1.54) is 0 Å². The number of hydrogen-bond donors (Lipinski definition) is 2. The zero-order valence-corrected chi connectivity index (χ0v) is 15.2. The number of ether oxygens (including phenoxy) is 2. The van der Waals surface area contributed by atoms with E-state index in [-0.39, 0.29) is 24.0 Å². The van der Waals surface area contributed by atoms with Crippen LogP contribution < -0.4 is 10.1 Å². The summed E-state index contributed by atoms with van der Waals surface area (Å²) in [6, 6.07) is 7.20. The van der Waals surface area contributed by atoms with Crippen molar-refractivity contribution in [1.29, 1.82) is 0 Å². The van der Waals surface area contributed by atoms with Crippen molar-refractivity contribution in [3.8, 4) is 5.75 Å². The normalized spacial score (nSPS) is 32.6. The Hall–Kier alpha value is -1.63. The van der Waals surface area contributed by atoms with Crippen molar-refractivity contribution in [3.63, 3.8) is 0 Å². The van der Waals surface area contributed by atoms with Gasteiger partial charge in [0, 0.05) is 19.0 Å². The standard InChI is InChI=1S/C19H28N2O4/c1-19(23)10-13-11-21(9-8-15(13)25-12-17(19)20-2)18(22)14-6-4-5-7-16(14)24-3/h4-7,13,15,17,20,23H,8-12H2,1-3H3/t13-,15+,17+,19+/m0/s1. The molecule has 6 heteroatoms. The first-order valence-corrected chi connectivity index (χ1v) is 8.90. The zero-order valence-electron chi connectivity index (χ0n) is 15.2. The Morgan fingerprint density at radius 2 is 2.20 bits per heavy atom. The van der Waals surface area contributed by atoms with E-state index in [4.69, 9.17) is 9.47 Å². The van der Waals surface area contributed by atoms with E-state index in [1.54, 1.807) is 19.2 Å². The fourth-order valence-corrected chi connectivity index (χ4v) is 4.07. The van der Waals surface area contributed by atoms with Crippen LogP contribution in [0, 0.1) is 5.92 Å². The molecule has 4 atom stereocenters. The maximum absolute atomic E-state index is 13.0. The number of amides is 1. The third kappa shape index (κ3) is 3.66. The summed E-state index contributed by atoms with van der Waals surface area (Å²) < 4.78 is 11.4. The lowest BCUT2D eigenvalue weighted by molar-refractivity contribution is -0.0218. The molecule has 1 amide bonds. The van der Waals surface area contributed by atoms with Crippen LogP contribution in [0.1, 0.15) is 30.1 Å². The summed E-state index contributed by atoms with van der Waals surface area (Å²) >= 11 is 0. The van der Waals surface area contributed by atoms with Gasteiger partial charge >= 0.3 is 0 Å². The van der Waals surface area contributed by atoms with Gasteiger partial charge in [-0.05, 0) is 38.9 Å². The number of carbonyl (C=O) groups excluding carboxylic acids is 1. The summed E-state index contributed by atoms with van der Waals surface area (Å²) in [5.74, 6) is 0.694. The number of nitrogens with zero attached hydrogens (tertiary/aromatic N) is 1. The van der Waals surface area contributed by atoms with Crippen molar-refractivity contribution in [2.75, 3.05) is 33.9 Å². The number of benzene rings is 1. The van der Waals surface area contributed by atoms with Crippen molar-refractivity contribution in [3.05, 3.63) is 29.8 Å². The van der Waals surface area contributed by atoms with Gasteiger partial charge in [0.2, 0.25) is 0 Å². The fourth-order valence-electron chi connectivity index (χ4n) is 4.07. The number of methoxy groups -OCH3 is 1. The van der Waals surface area contributed by atoms with Crippen LogP contribution in [-0.4, -0.2) is 67.5 Å². The quantitative estimate of drug-likeness (QED) is 0.861. The van der Waals surface area contributed by atoms with Gasteiger partial charge in [-0.3, -0.25) is 4.79 Å². The highest BCUT2D eigenvalue weighted by atomic mass is 16.5. The Morgan fingerprint density at radius 1 is 1.44 bits per heavy atom. The average Bonchev–Trinajstić information content (AvgIpc) is 2.74. The van der Waals surface area contributed by atoms with Crippen LogP contribution in [0.25, 0.3) is 0 Å². The minimum atomic E-state index is -0.856. The highest BCUT2D eigenvalue weighted by Crippen LogP contribution is 2.34. The Bertz CT molecular complexity index is 619. The Kier molecular flexibility index (Phi) is 5.32. The zero-order chi connectivity index (χ0) is 18.0. The summed E-state index contributed by atoms with van der Waals surface area (Å²) in [7, 11) is 3.42. The molecule has 2 N–H and O–H groups in total. The van der Waals surface area contributed by atoms with Crippen LogP contribution >= 0.6 is 0 Å². The van der Waals surface area contributed by atoms with E-state index in [2.05, 4.69) is 5.32 Å². The van der Waals surface area contributed by atoms with Crippen LogP contribution in [0.3, 0.4) is 0 Å². The van der Waals surface area contributed by atoms with Crippen LogP contribution in [0.5, 0.6) is 5.75 Å². The third-order valence-corrected chi connectivity index (χ3v) is 5.54. The first-order valence-electron chi connectivity index (χ1n) is 8.90. The second kappa shape index (κ2) is 7.32. The molecule has 2 fully saturated rings. The molecule has 0 bridgehead atoms. The topological polar surface area (TPSA) is 71.0 Å². The van der Waals surface area contributed by atoms with Crippen LogP contribution in [0.15, 0.2) is 24.3 Å². The molecule has 25 heavy (non-hydrogen) atoms. The third-order valence-electron chi connectivity index (χ3n) is 5.54. The molecule has 0 aliphatic carbocycles. The SMILES string of the molecule is CN[C@@H]1CO[C@@H]2CCN(C(=O)c3ccccc3OC)C[C@@H]2C[C@@]1(C)O. The van der Waals surface area contributed by atoms with Gasteiger partial charge in [-0.25, -0.2) is 0 Å². The number of para-hydroxylation sites is 1. The minimum Gasteiger partial charge on any atom is -0.496 e. The Balaban J connectivity index is 1.76. The molecule has 2 aliphatic rings. The van der Waals surface area contributed by atoms with Gasteiger partial charge in [0.1, 0.15) is 5.75 Å². The van der Waals surface area contributed by atoms with E-state index >= 15 is 0 Å². The number of piperidine rings is 1. The van der Waals surface area contributed by atoms with E-state index in [0.29, 0.717) is 37.4 Å². The predicted octanol–water partition coefficient (Wildman–Crippen LogP) is 1.29. The van der Waals surface area contributed by atoms with Gasteiger partial charge in [-0.2, -0.15) is 0 Å². The number of rotatable bonds is 3. The second-order valence-corrected chi connectivity index (χ2v) is 7.27. The molecule has 2 heterocycles. The van der Waals surface area contributed by atoms with Crippen LogP contribution in [0.4, 0.5) is 0 Å². The van der Waals surface area contributed by atoms with Gasteiger partial charge in [0.05, 0.1) is 37.0 Å². The lowest BCUT2D eigenvalue weighted by Crippen LogP contribution is -2.51. The number of likely N-dealkylation sites (tertiary alicyclic amines) is 1. The van der Waals surface area contributed by atoms with Gasteiger partial charge in [-0.1, -0.05) is 12.1 Å². The van der Waals surface area contributed by atoms with Gasteiger partial charge in [0.15, 0.2) is 0 Å². The summed E-state index contributed by atoms with van der Waals surface area (Å²) in [5, 5.41) is 14.0. The van der Waals surface area contributed by atoms with Crippen LogP contribution in [0.2, 0.25) is 0 Å². The molecular weight excluding hydrogens is 320 g/mol. The van der Waals surface area contributed by atoms with E-state index in [1.807, 2.05) is 31.0 Å². The Labute approximate surface area is 149 Å². The molecular formula is C19H28N2O4. The largest absolute Gasteiger partial charge is 0.496 e. The highest BCUT2D eigenvalue weighted by molar-refractivity contribution is 5.97. The molecule has 0 aromatic heterocycles. The van der Waals surface area contributed by atoms with Crippen molar-refractivity contribution in [2.45, 2.75) is 37.5 Å². The number of hydrogen-bond acceptors (Lipinski definition) is 5. The van der Waals surface area contributed by atoms with Gasteiger partial charge in [-0.15, -0.1) is 0 Å². The van der Waals surface area contributed by atoms with E-state index in [0.717, 1.165) is 6.42 Å². The lowest BCUT2D eigenvalue weighted by Gasteiger charge is -2.39. The van der Waals surface area contributed by atoms with Crippen molar-refractivity contribution < 1.29 is 19.4 Å². The number of carbonyl (C=O) groups is 1. The Morgan fingerprint density at radius 3 is 2.92 bits per heavy atom. The second-order valence-electron chi connectivity index (χ2n) is 7.27. The number of fused-ring (bicyclic) bond motifs is 1. The van der Waals surface area contributed by atoms with Crippen molar-refractivity contribution in [2.24, 2.45) is 5.92 Å². The molecule has 2 saturated heterocycles. The molecule has 0 saturated carbocycles. The first-order chi connectivity index (χ1) is 12.0. The molecule has 1 aromatic carbocycles. The predicted molar refractivity (Wildman–Crippen MR) is 94.8 cm³/mol. The number of aliphatic hydroxyl groups is 1. The molecule has 0 radical (unpaired) electrons. The minimum absolute atomic E-state index is 0.0232. The summed E-state index contributed by atoms with van der Waals surface area (Å²) in [6.45, 7) is 3.59. The van der Waals surface area contributed by atoms with E-state index < -0.39 is 5.60 Å². The summed E-state index contributed by atoms with van der Waals surface area (Å²) in [4.78, 5) is 14.8. The van der Waals surface area contributed by atoms with Crippen LogP contribution in [-0.2, 0) is 4.74 Å². The van der Waals surface area contributed by atoms with Crippen molar-refractivity contribution >= 4 is 5.91 Å². The lowest BCUT2D eigenvalue weighted by atomic mass is 9.82. The summed E-state index contributed by atoms with van der Waals surface area (Å²) in [5.41, 5.74) is -0.275. The molecule has 1 aromatic rings. The van der Waals surface area contributed by atoms with E-state index in [9.17, 15) is 9.90 Å². The molecule has 0 spiro atoms. The highest BCUT2D eigenvalue weighted by Gasteiger charge is 2.43. The fraction of sp³-hybridized carbons (Fsp3) is 0.632. The molecule has 6 nitrogen and oxygen atoms in total. The number of nitrogens with one attached hydrogen (secondary N) is 1. The van der Waals surface area contributed by atoms with Gasteiger partial charge in [0.25, 0.3) is 5.91 Å². The monoisotopic (exact) mass is 348 g/mol. The van der Waals surface area contributed by atoms with Crippen molar-refractivity contribution in [1.82, 2.24) is 10.2 Å². The average molecular weight is 348 g/mol. The molecule has 3 rings (SSSR count).